The Hall–Kier alpha value is -2.07. The lowest BCUT2D eigenvalue weighted by molar-refractivity contribution is 0.224. The van der Waals surface area contributed by atoms with Crippen LogP contribution in [0.1, 0.15) is 19.4 Å². The number of benzene rings is 2. The van der Waals surface area contributed by atoms with E-state index in [4.69, 9.17) is 4.74 Å². The first-order valence-corrected chi connectivity index (χ1v) is 6.95. The van der Waals surface area contributed by atoms with Crippen molar-refractivity contribution >= 4 is 5.69 Å². The zero-order chi connectivity index (χ0) is 15.3. The molecule has 0 aliphatic rings. The Labute approximate surface area is 124 Å². The van der Waals surface area contributed by atoms with Gasteiger partial charge in [-0.3, -0.25) is 0 Å². The molecule has 0 aliphatic carbocycles. The molecule has 2 N–H and O–H groups in total. The molecule has 2 aromatic rings. The van der Waals surface area contributed by atoms with Gasteiger partial charge < -0.3 is 15.2 Å². The van der Waals surface area contributed by atoms with Crippen LogP contribution in [0, 0.1) is 5.82 Å². The van der Waals surface area contributed by atoms with Crippen LogP contribution in [0.25, 0.3) is 0 Å². The van der Waals surface area contributed by atoms with Gasteiger partial charge in [0.25, 0.3) is 0 Å². The molecular weight excluding hydrogens is 269 g/mol. The molecule has 0 aliphatic heterocycles. The maximum absolute atomic E-state index is 13.3. The third kappa shape index (κ3) is 3.73. The van der Waals surface area contributed by atoms with Crippen molar-refractivity contribution in [3.63, 3.8) is 0 Å². The molecule has 3 nitrogen and oxygen atoms in total. The number of aliphatic hydroxyl groups excluding tert-OH is 1. The number of hydrogen-bond donors (Lipinski definition) is 2. The van der Waals surface area contributed by atoms with E-state index in [2.05, 4.69) is 5.32 Å². The molecule has 0 radical (unpaired) electrons. The van der Waals surface area contributed by atoms with Gasteiger partial charge in [0.2, 0.25) is 0 Å². The zero-order valence-corrected chi connectivity index (χ0v) is 12.3. The van der Waals surface area contributed by atoms with Crippen molar-refractivity contribution in [2.75, 3.05) is 18.5 Å². The van der Waals surface area contributed by atoms with Crippen LogP contribution in [-0.4, -0.2) is 18.3 Å². The maximum Gasteiger partial charge on any atom is 0.125 e. The number of aliphatic hydroxyl groups is 1. The van der Waals surface area contributed by atoms with Gasteiger partial charge in [0, 0.05) is 5.69 Å². The normalized spacial score (nSPS) is 13.5. The fraction of sp³-hybridized carbons (Fsp3) is 0.294. The van der Waals surface area contributed by atoms with E-state index >= 15 is 0 Å². The highest BCUT2D eigenvalue weighted by Crippen LogP contribution is 2.27. The Morgan fingerprint density at radius 3 is 2.48 bits per heavy atom. The van der Waals surface area contributed by atoms with E-state index in [-0.39, 0.29) is 12.4 Å². The minimum atomic E-state index is -0.696. The van der Waals surface area contributed by atoms with Gasteiger partial charge in [-0.25, -0.2) is 4.39 Å². The minimum Gasteiger partial charge on any atom is -0.494 e. The zero-order valence-electron chi connectivity index (χ0n) is 12.3. The third-order valence-electron chi connectivity index (χ3n) is 3.36. The van der Waals surface area contributed by atoms with Gasteiger partial charge in [0.15, 0.2) is 0 Å². The second-order valence-electron chi connectivity index (χ2n) is 5.08. The fourth-order valence-corrected chi connectivity index (χ4v) is 2.17. The maximum atomic E-state index is 13.3. The average molecular weight is 289 g/mol. The summed E-state index contributed by atoms with van der Waals surface area (Å²) in [5.41, 5.74) is 0.830. The van der Waals surface area contributed by atoms with Crippen LogP contribution in [0.2, 0.25) is 0 Å². The van der Waals surface area contributed by atoms with Crippen LogP contribution in [-0.2, 0) is 5.54 Å². The summed E-state index contributed by atoms with van der Waals surface area (Å²) in [6, 6.07) is 13.7. The first-order chi connectivity index (χ1) is 10.1. The molecule has 0 saturated heterocycles. The highest BCUT2D eigenvalue weighted by atomic mass is 19.1. The van der Waals surface area contributed by atoms with E-state index in [1.54, 1.807) is 12.1 Å². The summed E-state index contributed by atoms with van der Waals surface area (Å²) in [5.74, 6) is 0.472. The lowest BCUT2D eigenvalue weighted by atomic mass is 9.92. The monoisotopic (exact) mass is 289 g/mol. The number of hydrogen-bond acceptors (Lipinski definition) is 3. The van der Waals surface area contributed by atoms with Crippen molar-refractivity contribution in [1.29, 1.82) is 0 Å². The van der Waals surface area contributed by atoms with E-state index in [0.29, 0.717) is 12.3 Å². The highest BCUT2D eigenvalue weighted by Gasteiger charge is 2.25. The summed E-state index contributed by atoms with van der Waals surface area (Å²) >= 11 is 0. The van der Waals surface area contributed by atoms with Gasteiger partial charge >= 0.3 is 0 Å². The van der Waals surface area contributed by atoms with Gasteiger partial charge in [-0.2, -0.15) is 0 Å². The van der Waals surface area contributed by atoms with Crippen molar-refractivity contribution < 1.29 is 14.2 Å². The second-order valence-corrected chi connectivity index (χ2v) is 5.08. The number of ether oxygens (including phenoxy) is 1. The molecule has 0 bridgehead atoms. The van der Waals surface area contributed by atoms with Crippen molar-refractivity contribution in [1.82, 2.24) is 0 Å². The molecule has 0 heterocycles. The molecule has 2 rings (SSSR count). The molecule has 2 aromatic carbocycles. The topological polar surface area (TPSA) is 41.5 Å². The number of nitrogens with one attached hydrogen (secondary N) is 1. The van der Waals surface area contributed by atoms with E-state index in [9.17, 15) is 9.50 Å². The molecule has 0 fully saturated rings. The van der Waals surface area contributed by atoms with E-state index < -0.39 is 5.54 Å². The average Bonchev–Trinajstić information content (AvgIpc) is 2.48. The second kappa shape index (κ2) is 6.59. The summed E-state index contributed by atoms with van der Waals surface area (Å²) in [6.07, 6.45) is 0. The molecule has 1 atom stereocenters. The Morgan fingerprint density at radius 1 is 1.19 bits per heavy atom. The molecule has 0 saturated carbocycles. The van der Waals surface area contributed by atoms with Crippen molar-refractivity contribution in [3.8, 4) is 5.75 Å². The van der Waals surface area contributed by atoms with Crippen LogP contribution in [0.4, 0.5) is 10.1 Å². The smallest absolute Gasteiger partial charge is 0.125 e. The molecule has 0 spiro atoms. The molecule has 21 heavy (non-hydrogen) atoms. The Bertz CT molecular complexity index is 586. The molecule has 4 heteroatoms. The molecule has 1 unspecified atom stereocenters. The summed E-state index contributed by atoms with van der Waals surface area (Å²) in [4.78, 5) is 0. The van der Waals surface area contributed by atoms with Gasteiger partial charge in [-0.1, -0.05) is 18.2 Å². The van der Waals surface area contributed by atoms with Crippen LogP contribution in [0.3, 0.4) is 0 Å². The largest absolute Gasteiger partial charge is 0.494 e. The Balaban J connectivity index is 2.23. The van der Waals surface area contributed by atoms with Gasteiger partial charge in [0.05, 0.1) is 18.8 Å². The number of halogens is 1. The minimum absolute atomic E-state index is 0.114. The first-order valence-electron chi connectivity index (χ1n) is 6.95. The molecule has 0 aromatic heterocycles. The molecule has 112 valence electrons. The van der Waals surface area contributed by atoms with Gasteiger partial charge in [-0.05, 0) is 49.7 Å². The van der Waals surface area contributed by atoms with E-state index in [1.807, 2.05) is 38.1 Å². The quantitative estimate of drug-likeness (QED) is 0.854. The standard InChI is InChI=1S/C17H20FNO2/c1-3-21-16-9-7-13(8-10-16)17(2,12-20)19-15-6-4-5-14(18)11-15/h4-11,19-20H,3,12H2,1-2H3. The van der Waals surface area contributed by atoms with Gasteiger partial charge in [-0.15, -0.1) is 0 Å². The van der Waals surface area contributed by atoms with Crippen LogP contribution in [0.15, 0.2) is 48.5 Å². The van der Waals surface area contributed by atoms with Crippen molar-refractivity contribution in [3.05, 3.63) is 59.9 Å². The number of rotatable bonds is 6. The van der Waals surface area contributed by atoms with Crippen LogP contribution in [0.5, 0.6) is 5.75 Å². The van der Waals surface area contributed by atoms with Crippen LogP contribution < -0.4 is 10.1 Å². The molecule has 0 amide bonds. The lowest BCUT2D eigenvalue weighted by Crippen LogP contribution is -2.35. The van der Waals surface area contributed by atoms with E-state index in [0.717, 1.165) is 11.3 Å². The molecular formula is C17H20FNO2. The summed E-state index contributed by atoms with van der Waals surface area (Å²) < 4.78 is 18.7. The summed E-state index contributed by atoms with van der Waals surface area (Å²) in [5, 5.41) is 12.9. The number of anilines is 1. The summed E-state index contributed by atoms with van der Waals surface area (Å²) in [7, 11) is 0. The van der Waals surface area contributed by atoms with Gasteiger partial charge in [0.1, 0.15) is 11.6 Å². The summed E-state index contributed by atoms with van der Waals surface area (Å²) in [6.45, 7) is 4.29. The Morgan fingerprint density at radius 2 is 1.90 bits per heavy atom. The van der Waals surface area contributed by atoms with Crippen molar-refractivity contribution in [2.24, 2.45) is 0 Å². The van der Waals surface area contributed by atoms with Crippen LogP contribution >= 0.6 is 0 Å². The lowest BCUT2D eigenvalue weighted by Gasteiger charge is -2.30. The Kier molecular flexibility index (Phi) is 4.81. The predicted molar refractivity (Wildman–Crippen MR) is 82.1 cm³/mol. The van der Waals surface area contributed by atoms with Crippen molar-refractivity contribution in [2.45, 2.75) is 19.4 Å². The third-order valence-corrected chi connectivity index (χ3v) is 3.36. The van der Waals surface area contributed by atoms with E-state index in [1.165, 1.54) is 12.1 Å². The SMILES string of the molecule is CCOc1ccc(C(C)(CO)Nc2cccc(F)c2)cc1. The fourth-order valence-electron chi connectivity index (χ4n) is 2.17. The highest BCUT2D eigenvalue weighted by molar-refractivity contribution is 5.48. The predicted octanol–water partition coefficient (Wildman–Crippen LogP) is 3.54. The first kappa shape index (κ1) is 15.3.